The minimum Gasteiger partial charge on any atom is -0.372 e. The summed E-state index contributed by atoms with van der Waals surface area (Å²) in [5.41, 5.74) is 2.32. The number of hydrogen-bond acceptors (Lipinski definition) is 4. The van der Waals surface area contributed by atoms with Gasteiger partial charge in [-0.05, 0) is 32.0 Å². The van der Waals surface area contributed by atoms with Crippen molar-refractivity contribution in [1.29, 1.82) is 0 Å². The minimum absolute atomic E-state index is 0.828. The molecule has 0 spiro atoms. The first-order chi connectivity index (χ1) is 10.3. The fourth-order valence-corrected chi connectivity index (χ4v) is 2.20. The molecule has 4 heteroatoms. The van der Waals surface area contributed by atoms with Gasteiger partial charge in [0.2, 0.25) is 0 Å². The van der Waals surface area contributed by atoms with Gasteiger partial charge in [0, 0.05) is 37.6 Å². The van der Waals surface area contributed by atoms with E-state index >= 15 is 0 Å². The first kappa shape index (κ1) is 15.0. The summed E-state index contributed by atoms with van der Waals surface area (Å²) in [5, 5.41) is 6.27. The highest BCUT2D eigenvalue weighted by molar-refractivity contribution is 5.88. The topological polar surface area (TPSA) is 31.7 Å². The summed E-state index contributed by atoms with van der Waals surface area (Å²) in [7, 11) is 1.90. The van der Waals surface area contributed by atoms with E-state index in [1.807, 2.05) is 37.5 Å². The van der Waals surface area contributed by atoms with E-state index in [2.05, 4.69) is 47.0 Å². The lowest BCUT2D eigenvalue weighted by Crippen LogP contribution is -2.23. The second-order valence-electron chi connectivity index (χ2n) is 4.69. The third-order valence-corrected chi connectivity index (χ3v) is 3.39. The molecule has 0 radical (unpaired) electrons. The first-order valence-corrected chi connectivity index (χ1v) is 7.29. The van der Waals surface area contributed by atoms with Gasteiger partial charge in [-0.2, -0.15) is 5.10 Å². The fraction of sp³-hybridized carbons (Fsp3) is 0.294. The van der Waals surface area contributed by atoms with Crippen LogP contribution in [0.4, 0.5) is 11.5 Å². The van der Waals surface area contributed by atoms with Crippen molar-refractivity contribution in [3.05, 3.63) is 54.2 Å². The average molecular weight is 282 g/mol. The number of anilines is 2. The van der Waals surface area contributed by atoms with Crippen LogP contribution >= 0.6 is 0 Å². The van der Waals surface area contributed by atoms with Gasteiger partial charge in [0.1, 0.15) is 5.82 Å². The zero-order valence-corrected chi connectivity index (χ0v) is 12.9. The van der Waals surface area contributed by atoms with E-state index in [4.69, 9.17) is 0 Å². The number of pyridine rings is 1. The Morgan fingerprint density at radius 1 is 1.05 bits per heavy atom. The number of para-hydroxylation sites is 1. The molecular weight excluding hydrogens is 260 g/mol. The van der Waals surface area contributed by atoms with Gasteiger partial charge in [-0.15, -0.1) is 0 Å². The lowest BCUT2D eigenvalue weighted by molar-refractivity contribution is 0.865. The smallest absolute Gasteiger partial charge is 0.148 e. The van der Waals surface area contributed by atoms with E-state index in [0.717, 1.165) is 24.5 Å². The second kappa shape index (κ2) is 7.43. The van der Waals surface area contributed by atoms with E-state index in [9.17, 15) is 0 Å². The third kappa shape index (κ3) is 3.81. The average Bonchev–Trinajstić information content (AvgIpc) is 2.55. The van der Waals surface area contributed by atoms with Crippen molar-refractivity contribution < 1.29 is 0 Å². The number of rotatable bonds is 6. The van der Waals surface area contributed by atoms with Gasteiger partial charge in [-0.25, -0.2) is 4.98 Å². The fourth-order valence-electron chi connectivity index (χ4n) is 2.20. The highest BCUT2D eigenvalue weighted by Crippen LogP contribution is 2.18. The zero-order valence-electron chi connectivity index (χ0n) is 12.9. The van der Waals surface area contributed by atoms with Crippen LogP contribution in [0.3, 0.4) is 0 Å². The molecule has 0 aliphatic carbocycles. The molecule has 0 amide bonds. The maximum absolute atomic E-state index is 4.50. The van der Waals surface area contributed by atoms with E-state index in [0.29, 0.717) is 0 Å². The Morgan fingerprint density at radius 3 is 2.43 bits per heavy atom. The SMILES string of the molecule is CCN(CC)c1ccccc1C=NN(C)c1ccccn1. The van der Waals surface area contributed by atoms with Gasteiger partial charge in [-0.1, -0.05) is 24.3 Å². The van der Waals surface area contributed by atoms with E-state index in [1.54, 1.807) is 11.2 Å². The summed E-state index contributed by atoms with van der Waals surface area (Å²) in [4.78, 5) is 6.60. The molecule has 110 valence electrons. The number of hydrogen-bond donors (Lipinski definition) is 0. The molecule has 1 aromatic heterocycles. The lowest BCUT2D eigenvalue weighted by atomic mass is 10.1. The van der Waals surface area contributed by atoms with Crippen LogP contribution in [-0.2, 0) is 0 Å². The Morgan fingerprint density at radius 2 is 1.76 bits per heavy atom. The molecule has 21 heavy (non-hydrogen) atoms. The summed E-state index contributed by atoms with van der Waals surface area (Å²) < 4.78 is 0. The van der Waals surface area contributed by atoms with Crippen molar-refractivity contribution in [2.24, 2.45) is 5.10 Å². The molecule has 1 heterocycles. The van der Waals surface area contributed by atoms with Crippen LogP contribution in [0.5, 0.6) is 0 Å². The molecule has 0 aliphatic rings. The molecular formula is C17H22N4. The molecule has 0 aliphatic heterocycles. The van der Waals surface area contributed by atoms with Gasteiger partial charge in [0.05, 0.1) is 6.21 Å². The van der Waals surface area contributed by atoms with E-state index < -0.39 is 0 Å². The summed E-state index contributed by atoms with van der Waals surface area (Å²) in [5.74, 6) is 0.828. The first-order valence-electron chi connectivity index (χ1n) is 7.29. The van der Waals surface area contributed by atoms with Gasteiger partial charge >= 0.3 is 0 Å². The quantitative estimate of drug-likeness (QED) is 0.601. The largest absolute Gasteiger partial charge is 0.372 e. The highest BCUT2D eigenvalue weighted by Gasteiger charge is 2.06. The van der Waals surface area contributed by atoms with Gasteiger partial charge in [0.15, 0.2) is 0 Å². The van der Waals surface area contributed by atoms with Crippen LogP contribution in [0, 0.1) is 0 Å². The van der Waals surface area contributed by atoms with Crippen LogP contribution < -0.4 is 9.91 Å². The number of aromatic nitrogens is 1. The minimum atomic E-state index is 0.828. The number of nitrogens with zero attached hydrogens (tertiary/aromatic N) is 4. The monoisotopic (exact) mass is 282 g/mol. The molecule has 2 rings (SSSR count). The van der Waals surface area contributed by atoms with Crippen molar-refractivity contribution >= 4 is 17.7 Å². The van der Waals surface area contributed by atoms with Gasteiger partial charge in [0.25, 0.3) is 0 Å². The second-order valence-corrected chi connectivity index (χ2v) is 4.69. The Labute approximate surface area is 126 Å². The predicted molar refractivity (Wildman–Crippen MR) is 90.2 cm³/mol. The van der Waals surface area contributed by atoms with Crippen LogP contribution in [0.25, 0.3) is 0 Å². The normalized spacial score (nSPS) is 10.8. The van der Waals surface area contributed by atoms with Crippen LogP contribution in [0.2, 0.25) is 0 Å². The molecule has 0 atom stereocenters. The van der Waals surface area contributed by atoms with E-state index in [1.165, 1.54) is 5.69 Å². The van der Waals surface area contributed by atoms with Crippen molar-refractivity contribution in [2.75, 3.05) is 30.0 Å². The maximum Gasteiger partial charge on any atom is 0.148 e. The Balaban J connectivity index is 2.21. The Bertz CT molecular complexity index is 576. The van der Waals surface area contributed by atoms with Gasteiger partial charge in [-0.3, -0.25) is 5.01 Å². The Hall–Kier alpha value is -2.36. The molecule has 0 fully saturated rings. The summed E-state index contributed by atoms with van der Waals surface area (Å²) in [6.45, 7) is 6.30. The third-order valence-electron chi connectivity index (χ3n) is 3.39. The molecule has 0 saturated carbocycles. The van der Waals surface area contributed by atoms with Crippen LogP contribution in [0.1, 0.15) is 19.4 Å². The molecule has 1 aromatic carbocycles. The summed E-state index contributed by atoms with van der Waals surface area (Å²) >= 11 is 0. The predicted octanol–water partition coefficient (Wildman–Crippen LogP) is 3.40. The molecule has 0 unspecified atom stereocenters. The molecule has 4 nitrogen and oxygen atoms in total. The molecule has 0 saturated heterocycles. The van der Waals surface area contributed by atoms with Crippen molar-refractivity contribution in [3.8, 4) is 0 Å². The van der Waals surface area contributed by atoms with Crippen LogP contribution in [0.15, 0.2) is 53.8 Å². The standard InChI is InChI=1S/C17H22N4/c1-4-21(5-2)16-11-7-6-10-15(16)14-19-20(3)17-12-8-9-13-18-17/h6-14H,4-5H2,1-3H3. The number of benzene rings is 1. The van der Waals surface area contributed by atoms with Gasteiger partial charge < -0.3 is 4.90 Å². The molecule has 2 aromatic rings. The van der Waals surface area contributed by atoms with E-state index in [-0.39, 0.29) is 0 Å². The molecule has 0 N–H and O–H groups in total. The van der Waals surface area contributed by atoms with Crippen molar-refractivity contribution in [1.82, 2.24) is 4.98 Å². The maximum atomic E-state index is 4.50. The summed E-state index contributed by atoms with van der Waals surface area (Å²) in [6, 6.07) is 14.1. The summed E-state index contributed by atoms with van der Waals surface area (Å²) in [6.07, 6.45) is 3.66. The lowest BCUT2D eigenvalue weighted by Gasteiger charge is -2.23. The number of hydrazone groups is 1. The zero-order chi connectivity index (χ0) is 15.1. The Kier molecular flexibility index (Phi) is 5.32. The van der Waals surface area contributed by atoms with Crippen molar-refractivity contribution in [3.63, 3.8) is 0 Å². The highest BCUT2D eigenvalue weighted by atomic mass is 15.5. The van der Waals surface area contributed by atoms with Crippen molar-refractivity contribution in [2.45, 2.75) is 13.8 Å². The molecule has 0 bridgehead atoms. The van der Waals surface area contributed by atoms with Crippen LogP contribution in [-0.4, -0.2) is 31.3 Å².